The quantitative estimate of drug-likeness (QED) is 0.894. The average Bonchev–Trinajstić information content (AvgIpc) is 2.98. The van der Waals surface area contributed by atoms with Crippen molar-refractivity contribution in [3.63, 3.8) is 0 Å². The summed E-state index contributed by atoms with van der Waals surface area (Å²) in [6.07, 6.45) is 2.31. The summed E-state index contributed by atoms with van der Waals surface area (Å²) in [5.41, 5.74) is 1.21. The number of carboxylic acids is 1. The zero-order valence-corrected chi connectivity index (χ0v) is 13.7. The molecule has 3 heterocycles. The van der Waals surface area contributed by atoms with Crippen LogP contribution in [0.2, 0.25) is 0 Å². The molecular formula is C14H18N4O4S. The van der Waals surface area contributed by atoms with Gasteiger partial charge >= 0.3 is 5.97 Å². The highest BCUT2D eigenvalue weighted by Crippen LogP contribution is 2.26. The normalized spacial score (nSPS) is 16.1. The van der Waals surface area contributed by atoms with E-state index in [2.05, 4.69) is 5.10 Å². The van der Waals surface area contributed by atoms with Crippen LogP contribution in [0.15, 0.2) is 23.2 Å². The Morgan fingerprint density at radius 2 is 2.09 bits per heavy atom. The second-order valence-corrected chi connectivity index (χ2v) is 7.49. The van der Waals surface area contributed by atoms with Gasteiger partial charge in [0.2, 0.25) is 10.0 Å². The summed E-state index contributed by atoms with van der Waals surface area (Å²) < 4.78 is 30.5. The maximum atomic E-state index is 13.0. The molecule has 0 amide bonds. The molecule has 1 aliphatic heterocycles. The first-order valence-corrected chi connectivity index (χ1v) is 8.67. The molecule has 8 nitrogen and oxygen atoms in total. The van der Waals surface area contributed by atoms with Crippen LogP contribution in [-0.4, -0.2) is 44.7 Å². The number of aryl methyl sites for hydroxylation is 1. The Morgan fingerprint density at radius 3 is 2.74 bits per heavy atom. The third-order valence-electron chi connectivity index (χ3n) is 4.25. The molecule has 0 fully saturated rings. The minimum Gasteiger partial charge on any atom is -0.477 e. The van der Waals surface area contributed by atoms with Gasteiger partial charge in [-0.2, -0.15) is 9.40 Å². The van der Waals surface area contributed by atoms with E-state index in [0.717, 1.165) is 5.69 Å². The molecule has 124 valence electrons. The minimum atomic E-state index is -3.76. The minimum absolute atomic E-state index is 0.0408. The van der Waals surface area contributed by atoms with Gasteiger partial charge in [-0.15, -0.1) is 0 Å². The van der Waals surface area contributed by atoms with Gasteiger partial charge in [-0.25, -0.2) is 13.2 Å². The third kappa shape index (κ3) is 2.55. The summed E-state index contributed by atoms with van der Waals surface area (Å²) in [5, 5.41) is 13.4. The van der Waals surface area contributed by atoms with Crippen molar-refractivity contribution < 1.29 is 18.3 Å². The molecule has 0 saturated carbocycles. The van der Waals surface area contributed by atoms with E-state index in [-0.39, 0.29) is 17.1 Å². The number of hydrogen-bond donors (Lipinski definition) is 1. The van der Waals surface area contributed by atoms with Gasteiger partial charge in [0.05, 0.1) is 12.2 Å². The maximum absolute atomic E-state index is 13.0. The monoisotopic (exact) mass is 338 g/mol. The smallest absolute Gasteiger partial charge is 0.352 e. The Hall–Kier alpha value is -2.13. The van der Waals surface area contributed by atoms with E-state index in [1.165, 1.54) is 14.9 Å². The van der Waals surface area contributed by atoms with Gasteiger partial charge in [-0.05, 0) is 25.5 Å². The summed E-state index contributed by atoms with van der Waals surface area (Å²) in [7, 11) is -2.21. The summed E-state index contributed by atoms with van der Waals surface area (Å²) in [6, 6.07) is 3.03. The Bertz CT molecular complexity index is 865. The number of carbonyl (C=O) groups is 1. The first-order chi connectivity index (χ1) is 10.8. The number of aromatic nitrogens is 3. The van der Waals surface area contributed by atoms with Crippen LogP contribution >= 0.6 is 0 Å². The van der Waals surface area contributed by atoms with Gasteiger partial charge in [0.25, 0.3) is 0 Å². The van der Waals surface area contributed by atoms with E-state index in [1.807, 2.05) is 0 Å². The molecule has 0 unspecified atom stereocenters. The molecule has 0 aliphatic carbocycles. The summed E-state index contributed by atoms with van der Waals surface area (Å²) >= 11 is 0. The number of rotatable bonds is 3. The topological polar surface area (TPSA) is 97.4 Å². The van der Waals surface area contributed by atoms with Crippen molar-refractivity contribution in [1.82, 2.24) is 18.7 Å². The Balaban J connectivity index is 2.02. The zero-order valence-electron chi connectivity index (χ0n) is 12.9. The lowest BCUT2D eigenvalue weighted by Crippen LogP contribution is -2.31. The van der Waals surface area contributed by atoms with E-state index in [1.54, 1.807) is 30.9 Å². The van der Waals surface area contributed by atoms with Gasteiger partial charge in [0, 0.05) is 32.0 Å². The number of aromatic carboxylic acids is 1. The molecule has 23 heavy (non-hydrogen) atoms. The van der Waals surface area contributed by atoms with Crippen molar-refractivity contribution in [3.05, 3.63) is 35.4 Å². The molecule has 2 aromatic heterocycles. The van der Waals surface area contributed by atoms with Gasteiger partial charge in [0.1, 0.15) is 10.6 Å². The molecule has 3 rings (SSSR count). The standard InChI is InChI=1S/C14H18N4O4S/c1-10-13(8-12(14(19)20)16(10)2)23(21,22)17-6-3-7-18-11(9-17)4-5-15-18/h4-5,8H,3,6-7,9H2,1-2H3,(H,19,20). The number of nitrogens with zero attached hydrogens (tertiary/aromatic N) is 4. The van der Waals surface area contributed by atoms with Crippen LogP contribution in [0.3, 0.4) is 0 Å². The molecular weight excluding hydrogens is 320 g/mol. The molecule has 2 aromatic rings. The second-order valence-electron chi connectivity index (χ2n) is 5.58. The fourth-order valence-electron chi connectivity index (χ4n) is 2.83. The molecule has 1 aliphatic rings. The van der Waals surface area contributed by atoms with Crippen LogP contribution in [0.5, 0.6) is 0 Å². The number of hydrogen-bond acceptors (Lipinski definition) is 4. The zero-order chi connectivity index (χ0) is 16.8. The van der Waals surface area contributed by atoms with Crippen molar-refractivity contribution in [3.8, 4) is 0 Å². The van der Waals surface area contributed by atoms with E-state index < -0.39 is 16.0 Å². The average molecular weight is 338 g/mol. The van der Waals surface area contributed by atoms with Crippen LogP contribution in [-0.2, 0) is 30.2 Å². The summed E-state index contributed by atoms with van der Waals surface area (Å²) in [6.45, 7) is 2.89. The SMILES string of the molecule is Cc1c(S(=O)(=O)N2CCCn3nccc3C2)cc(C(=O)O)n1C. The van der Waals surface area contributed by atoms with Gasteiger partial charge < -0.3 is 9.67 Å². The fraction of sp³-hybridized carbons (Fsp3) is 0.429. The predicted octanol–water partition coefficient (Wildman–Crippen LogP) is 0.823. The van der Waals surface area contributed by atoms with Crippen LogP contribution < -0.4 is 0 Å². The predicted molar refractivity (Wildman–Crippen MR) is 81.5 cm³/mol. The van der Waals surface area contributed by atoms with E-state index in [4.69, 9.17) is 0 Å². The lowest BCUT2D eigenvalue weighted by molar-refractivity contribution is 0.0686. The molecule has 0 bridgehead atoms. The van der Waals surface area contributed by atoms with Crippen molar-refractivity contribution in [2.45, 2.75) is 31.3 Å². The van der Waals surface area contributed by atoms with Gasteiger partial charge in [-0.3, -0.25) is 4.68 Å². The van der Waals surface area contributed by atoms with Gasteiger partial charge in [0.15, 0.2) is 0 Å². The highest BCUT2D eigenvalue weighted by molar-refractivity contribution is 7.89. The number of fused-ring (bicyclic) bond motifs is 1. The van der Waals surface area contributed by atoms with E-state index in [9.17, 15) is 18.3 Å². The first kappa shape index (κ1) is 15.8. The highest BCUT2D eigenvalue weighted by Gasteiger charge is 2.31. The largest absolute Gasteiger partial charge is 0.477 e. The third-order valence-corrected chi connectivity index (χ3v) is 6.21. The van der Waals surface area contributed by atoms with Crippen LogP contribution in [0.25, 0.3) is 0 Å². The number of sulfonamides is 1. The highest BCUT2D eigenvalue weighted by atomic mass is 32.2. The Morgan fingerprint density at radius 1 is 1.35 bits per heavy atom. The van der Waals surface area contributed by atoms with Crippen molar-refractivity contribution in [1.29, 1.82) is 0 Å². The van der Waals surface area contributed by atoms with Gasteiger partial charge in [-0.1, -0.05) is 0 Å². The summed E-state index contributed by atoms with van der Waals surface area (Å²) in [4.78, 5) is 11.3. The Labute approximate surface area is 134 Å². The lowest BCUT2D eigenvalue weighted by Gasteiger charge is -2.19. The fourth-order valence-corrected chi connectivity index (χ4v) is 4.55. The number of carboxylic acid groups (broad SMARTS) is 1. The molecule has 0 aromatic carbocycles. The second kappa shape index (κ2) is 5.50. The van der Waals surface area contributed by atoms with Crippen molar-refractivity contribution in [2.24, 2.45) is 7.05 Å². The van der Waals surface area contributed by atoms with Crippen molar-refractivity contribution >= 4 is 16.0 Å². The molecule has 0 radical (unpaired) electrons. The first-order valence-electron chi connectivity index (χ1n) is 7.23. The maximum Gasteiger partial charge on any atom is 0.352 e. The Kier molecular flexibility index (Phi) is 3.77. The molecule has 0 atom stereocenters. The molecule has 0 saturated heterocycles. The van der Waals surface area contributed by atoms with E-state index >= 15 is 0 Å². The van der Waals surface area contributed by atoms with Crippen LogP contribution in [0, 0.1) is 6.92 Å². The molecule has 1 N–H and O–H groups in total. The van der Waals surface area contributed by atoms with Crippen molar-refractivity contribution in [2.75, 3.05) is 6.54 Å². The van der Waals surface area contributed by atoms with E-state index in [0.29, 0.717) is 25.2 Å². The van der Waals surface area contributed by atoms with Crippen LogP contribution in [0.4, 0.5) is 0 Å². The molecule has 9 heteroatoms. The lowest BCUT2D eigenvalue weighted by atomic mass is 10.4. The molecule has 0 spiro atoms. The van der Waals surface area contributed by atoms with Crippen LogP contribution in [0.1, 0.15) is 28.3 Å². The summed E-state index contributed by atoms with van der Waals surface area (Å²) in [5.74, 6) is -1.15.